The maximum Gasteiger partial charge on any atom is 0.306 e. The second-order valence-corrected chi connectivity index (χ2v) is 25.6. The first-order chi connectivity index (χ1) is 45.7. The molecule has 1 aliphatic heterocycles. The number of aliphatic hydroxyl groups is 5. The maximum atomic E-state index is 13.5. The molecule has 93 heavy (non-hydrogen) atoms. The third kappa shape index (κ3) is 54.6. The molecular formula is C82H139NO10. The van der Waals surface area contributed by atoms with E-state index in [1.165, 1.54) is 122 Å². The Morgan fingerprint density at radius 2 is 0.774 bits per heavy atom. The Hall–Kier alpha value is -4.20. The molecule has 6 N–H and O–H groups in total. The van der Waals surface area contributed by atoms with Gasteiger partial charge in [-0.15, -0.1) is 0 Å². The third-order valence-corrected chi connectivity index (χ3v) is 17.0. The molecule has 8 unspecified atom stereocenters. The molecule has 0 saturated carbocycles. The summed E-state index contributed by atoms with van der Waals surface area (Å²) in [6.07, 6.45) is 86.2. The average Bonchev–Trinajstić information content (AvgIpc) is 0.844. The molecule has 1 rings (SSSR count). The van der Waals surface area contributed by atoms with Gasteiger partial charge in [0.25, 0.3) is 0 Å². The largest absolute Gasteiger partial charge is 0.454 e. The molecule has 0 aromatic carbocycles. The SMILES string of the molecule is CC/C=C\C/C=C\C/C=C\C/C=C\C/C=C\C/C=C\CCCCCCCCCCC(=O)OC1C(OCC(NC(=O)C(O)CCCCCCCCCC/C=C\C/C=C\C/C=C\C/C=C\CCCCC)C(O)/C=C/CCCCCCCCCCCCC)OC(CO)C(O)C1O. The third-order valence-electron chi connectivity index (χ3n) is 17.0. The van der Waals surface area contributed by atoms with Crippen LogP contribution < -0.4 is 5.32 Å². The van der Waals surface area contributed by atoms with Crippen molar-refractivity contribution in [3.05, 3.63) is 134 Å². The highest BCUT2D eigenvalue weighted by Crippen LogP contribution is 2.26. The van der Waals surface area contributed by atoms with Gasteiger partial charge in [-0.3, -0.25) is 9.59 Å². The van der Waals surface area contributed by atoms with Crippen LogP contribution in [0.25, 0.3) is 0 Å². The van der Waals surface area contributed by atoms with Crippen molar-refractivity contribution in [2.24, 2.45) is 0 Å². The monoisotopic (exact) mass is 1300 g/mol. The number of carbonyl (C=O) groups excluding carboxylic acids is 2. The lowest BCUT2D eigenvalue weighted by molar-refractivity contribution is -0.305. The number of nitrogens with one attached hydrogen (secondary N) is 1. The molecule has 11 nitrogen and oxygen atoms in total. The van der Waals surface area contributed by atoms with Gasteiger partial charge in [-0.1, -0.05) is 315 Å². The van der Waals surface area contributed by atoms with E-state index in [-0.39, 0.29) is 19.4 Å². The number of allylic oxidation sites excluding steroid dienone is 21. The molecule has 0 spiro atoms. The highest BCUT2D eigenvalue weighted by Gasteiger charge is 2.47. The topological polar surface area (TPSA) is 175 Å². The van der Waals surface area contributed by atoms with E-state index in [2.05, 4.69) is 148 Å². The van der Waals surface area contributed by atoms with E-state index >= 15 is 0 Å². The number of carbonyl (C=O) groups is 2. The first-order valence-corrected chi connectivity index (χ1v) is 38.0. The molecular weight excluding hydrogens is 1160 g/mol. The molecule has 1 saturated heterocycles. The number of amides is 1. The van der Waals surface area contributed by atoms with Gasteiger partial charge in [0.1, 0.15) is 24.4 Å². The van der Waals surface area contributed by atoms with Crippen LogP contribution in [0.3, 0.4) is 0 Å². The zero-order chi connectivity index (χ0) is 67.4. The van der Waals surface area contributed by atoms with Crippen LogP contribution in [0.1, 0.15) is 310 Å². The van der Waals surface area contributed by atoms with Crippen LogP contribution in [-0.4, -0.2) is 99.6 Å². The lowest BCUT2D eigenvalue weighted by atomic mass is 9.99. The second kappa shape index (κ2) is 67.8. The Kier molecular flexibility index (Phi) is 63.3. The molecule has 0 radical (unpaired) electrons. The van der Waals surface area contributed by atoms with Gasteiger partial charge in [0, 0.05) is 6.42 Å². The van der Waals surface area contributed by atoms with E-state index in [4.69, 9.17) is 14.2 Å². The summed E-state index contributed by atoms with van der Waals surface area (Å²) in [7, 11) is 0. The van der Waals surface area contributed by atoms with Gasteiger partial charge < -0.3 is 45.1 Å². The standard InChI is InChI=1S/C82H139NO10/c1-4-7-10-13-16-19-22-25-27-29-31-33-35-37-38-39-41-43-45-47-49-52-55-58-61-64-67-70-77(87)93-80-79(89)78(88)76(71-84)92-82(80)91-72-73(74(85)68-65-62-59-56-53-50-24-21-18-15-12-9-6-3)83-81(90)75(86)69-66-63-60-57-54-51-48-46-44-42-40-36-34-32-30-28-26-23-20-17-14-11-8-5-2/h7,10,16-17,19-20,25-28,31-34,37-38,40-43,65,68,73-76,78-80,82,84-86,88-89H,4-6,8-9,11-15,18,21-24,29-30,35-36,39,44-64,66-67,69-72H2,1-3H3,(H,83,90)/b10-7-,19-16-,20-17-,27-25-,28-26-,33-31-,34-32-,38-37-,42-40-,43-41-,68-65+. The number of hydrogen-bond acceptors (Lipinski definition) is 10. The summed E-state index contributed by atoms with van der Waals surface area (Å²) in [5.74, 6) is -1.21. The van der Waals surface area contributed by atoms with Crippen molar-refractivity contribution < 1.29 is 49.3 Å². The minimum absolute atomic E-state index is 0.106. The smallest absolute Gasteiger partial charge is 0.306 e. The highest BCUT2D eigenvalue weighted by molar-refractivity contribution is 5.80. The molecule has 0 aliphatic carbocycles. The van der Waals surface area contributed by atoms with Crippen LogP contribution in [0.4, 0.5) is 0 Å². The minimum Gasteiger partial charge on any atom is -0.454 e. The van der Waals surface area contributed by atoms with Gasteiger partial charge in [-0.05, 0) is 122 Å². The van der Waals surface area contributed by atoms with Crippen molar-refractivity contribution in [1.29, 1.82) is 0 Å². The van der Waals surface area contributed by atoms with E-state index in [1.807, 2.05) is 6.08 Å². The molecule has 8 atom stereocenters. The van der Waals surface area contributed by atoms with Crippen LogP contribution in [0.5, 0.6) is 0 Å². The number of unbranched alkanes of at least 4 members (excludes halogenated alkanes) is 30. The van der Waals surface area contributed by atoms with Crippen LogP contribution in [-0.2, 0) is 23.8 Å². The Morgan fingerprint density at radius 1 is 0.430 bits per heavy atom. The lowest BCUT2D eigenvalue weighted by Gasteiger charge is -2.41. The van der Waals surface area contributed by atoms with Gasteiger partial charge in [0.15, 0.2) is 12.4 Å². The average molecular weight is 1300 g/mol. The van der Waals surface area contributed by atoms with Gasteiger partial charge in [-0.2, -0.15) is 0 Å². The summed E-state index contributed by atoms with van der Waals surface area (Å²) in [4.78, 5) is 26.8. The van der Waals surface area contributed by atoms with E-state index in [1.54, 1.807) is 6.08 Å². The zero-order valence-corrected chi connectivity index (χ0v) is 59.3. The predicted octanol–water partition coefficient (Wildman–Crippen LogP) is 20.3. The van der Waals surface area contributed by atoms with Crippen molar-refractivity contribution in [2.45, 2.75) is 359 Å². The van der Waals surface area contributed by atoms with E-state index in [0.29, 0.717) is 12.8 Å². The maximum absolute atomic E-state index is 13.5. The summed E-state index contributed by atoms with van der Waals surface area (Å²) in [6, 6.07) is -1.04. The fourth-order valence-corrected chi connectivity index (χ4v) is 11.1. The first kappa shape index (κ1) is 86.8. The highest BCUT2D eigenvalue weighted by atomic mass is 16.7. The zero-order valence-electron chi connectivity index (χ0n) is 59.3. The summed E-state index contributed by atoms with van der Waals surface area (Å²) >= 11 is 0. The molecule has 11 heteroatoms. The number of ether oxygens (including phenoxy) is 3. The van der Waals surface area contributed by atoms with Crippen LogP contribution >= 0.6 is 0 Å². The van der Waals surface area contributed by atoms with Crippen molar-refractivity contribution in [3.63, 3.8) is 0 Å². The summed E-state index contributed by atoms with van der Waals surface area (Å²) in [5.41, 5.74) is 0. The van der Waals surface area contributed by atoms with E-state index in [9.17, 15) is 35.1 Å². The number of hydrogen-bond donors (Lipinski definition) is 6. The van der Waals surface area contributed by atoms with Crippen molar-refractivity contribution in [1.82, 2.24) is 5.32 Å². The molecule has 532 valence electrons. The van der Waals surface area contributed by atoms with Gasteiger partial charge in [-0.25, -0.2) is 0 Å². The second-order valence-electron chi connectivity index (χ2n) is 25.6. The molecule has 0 aromatic rings. The van der Waals surface area contributed by atoms with Gasteiger partial charge in [0.2, 0.25) is 5.91 Å². The van der Waals surface area contributed by atoms with Gasteiger partial charge in [0.05, 0.1) is 25.4 Å². The number of rotatable bonds is 64. The minimum atomic E-state index is -1.63. The van der Waals surface area contributed by atoms with Crippen LogP contribution in [0.2, 0.25) is 0 Å². The first-order valence-electron chi connectivity index (χ1n) is 38.0. The molecule has 1 heterocycles. The Bertz CT molecular complexity index is 2030. The van der Waals surface area contributed by atoms with E-state index in [0.717, 1.165) is 141 Å². The fourth-order valence-electron chi connectivity index (χ4n) is 11.1. The normalized spacial score (nSPS) is 18.6. The lowest BCUT2D eigenvalue weighted by Crippen LogP contribution is -2.61. The number of esters is 1. The van der Waals surface area contributed by atoms with Crippen molar-refractivity contribution >= 4 is 11.9 Å². The number of aliphatic hydroxyl groups excluding tert-OH is 5. The molecule has 1 fully saturated rings. The Labute approximate surface area is 569 Å². The summed E-state index contributed by atoms with van der Waals surface area (Å²) in [6.45, 7) is 5.67. The summed E-state index contributed by atoms with van der Waals surface area (Å²) < 4.78 is 17.7. The Morgan fingerprint density at radius 3 is 1.18 bits per heavy atom. The van der Waals surface area contributed by atoms with Crippen molar-refractivity contribution in [2.75, 3.05) is 13.2 Å². The fraction of sp³-hybridized carbons (Fsp3) is 0.707. The molecule has 0 bridgehead atoms. The quantitative estimate of drug-likeness (QED) is 0.0195. The molecule has 0 aromatic heterocycles. The molecule has 1 amide bonds. The van der Waals surface area contributed by atoms with Crippen LogP contribution in [0, 0.1) is 0 Å². The summed E-state index contributed by atoms with van der Waals surface area (Å²) in [5, 5.41) is 57.4. The van der Waals surface area contributed by atoms with E-state index < -0.39 is 67.4 Å². The van der Waals surface area contributed by atoms with Gasteiger partial charge >= 0.3 is 5.97 Å². The Balaban J connectivity index is 2.57. The van der Waals surface area contributed by atoms with Crippen LogP contribution in [0.15, 0.2) is 134 Å². The van der Waals surface area contributed by atoms with Crippen molar-refractivity contribution in [3.8, 4) is 0 Å². The molecule has 1 aliphatic rings. The predicted molar refractivity (Wildman–Crippen MR) is 393 cm³/mol.